The molecule has 1 aromatic carbocycles. The minimum atomic E-state index is -0.818. The minimum absolute atomic E-state index is 0. The maximum Gasteiger partial charge on any atom is 0.314 e. The number of halogens is 2. The number of hydrogen-bond donors (Lipinski definition) is 5. The van der Waals surface area contributed by atoms with Crippen molar-refractivity contribution in [1.29, 1.82) is 0 Å². The first-order valence-electron chi connectivity index (χ1n) is 9.33. The summed E-state index contributed by atoms with van der Waals surface area (Å²) in [5, 5.41) is 20.7. The molecule has 0 bridgehead atoms. The molecular formula is C17H27Br2N7O4. The van der Waals surface area contributed by atoms with E-state index in [4.69, 9.17) is 0 Å². The molecule has 3 heterocycles. The third kappa shape index (κ3) is 7.25. The smallest absolute Gasteiger partial charge is 0.314 e. The second-order valence-electron chi connectivity index (χ2n) is 6.72. The van der Waals surface area contributed by atoms with Gasteiger partial charge in [-0.2, -0.15) is 0 Å². The number of nitrogens with zero attached hydrogens (tertiary/aromatic N) is 2. The Labute approximate surface area is 193 Å². The Bertz CT molecular complexity index is 928. The lowest BCUT2D eigenvalue weighted by Crippen LogP contribution is -2.43. The van der Waals surface area contributed by atoms with Crippen LogP contribution in [0.25, 0.3) is 11.0 Å². The van der Waals surface area contributed by atoms with Gasteiger partial charge in [0.2, 0.25) is 0 Å². The molecule has 2 aromatic rings. The molecule has 0 saturated carbocycles. The van der Waals surface area contributed by atoms with Crippen molar-refractivity contribution in [2.45, 2.75) is 6.54 Å². The molecule has 5 N–H and O–H groups in total. The van der Waals surface area contributed by atoms with Gasteiger partial charge in [0, 0.05) is 71.0 Å². The zero-order valence-corrected chi connectivity index (χ0v) is 19.8. The largest absolute Gasteiger partial charge is 0.316 e. The predicted octanol–water partition coefficient (Wildman–Crippen LogP) is -0.135. The van der Waals surface area contributed by atoms with Crippen molar-refractivity contribution in [2.75, 3.05) is 52.4 Å². The van der Waals surface area contributed by atoms with Crippen molar-refractivity contribution in [3.05, 3.63) is 48.5 Å². The molecular weight excluding hydrogens is 526 g/mol. The van der Waals surface area contributed by atoms with Crippen molar-refractivity contribution in [3.63, 3.8) is 0 Å². The quantitative estimate of drug-likeness (QED) is 0.201. The molecule has 1 aromatic heterocycles. The van der Waals surface area contributed by atoms with Crippen LogP contribution in [-0.2, 0) is 6.54 Å². The first-order chi connectivity index (χ1) is 13.5. The first kappa shape index (κ1) is 26.4. The van der Waals surface area contributed by atoms with Gasteiger partial charge in [0.25, 0.3) is 5.69 Å². The Balaban J connectivity index is 0.000000487. The van der Waals surface area contributed by atoms with E-state index >= 15 is 0 Å². The van der Waals surface area contributed by atoms with Gasteiger partial charge in [-0.3, -0.25) is 24.6 Å². The molecule has 4 rings (SSSR count). The predicted molar refractivity (Wildman–Crippen MR) is 126 cm³/mol. The molecule has 2 aliphatic heterocycles. The number of piperazine rings is 2. The number of benzene rings is 1. The fourth-order valence-electron chi connectivity index (χ4n) is 3.22. The molecule has 2 saturated heterocycles. The summed E-state index contributed by atoms with van der Waals surface area (Å²) >= 11 is 0. The molecule has 11 nitrogen and oxygen atoms in total. The molecule has 0 aliphatic carbocycles. The molecule has 0 amide bonds. The number of nitrogens with one attached hydrogen (secondary N) is 5. The topological polar surface area (TPSA) is 148 Å². The van der Waals surface area contributed by atoms with E-state index in [0.29, 0.717) is 17.6 Å². The average Bonchev–Trinajstić information content (AvgIpc) is 2.71. The third-order valence-corrected chi connectivity index (χ3v) is 4.67. The zero-order valence-electron chi connectivity index (χ0n) is 16.4. The van der Waals surface area contributed by atoms with E-state index in [1.54, 1.807) is 0 Å². The molecule has 13 heteroatoms. The molecule has 0 unspecified atom stereocenters. The highest BCUT2D eigenvalue weighted by Crippen LogP contribution is 2.22. The van der Waals surface area contributed by atoms with Gasteiger partial charge in [-0.05, 0) is 5.56 Å². The van der Waals surface area contributed by atoms with Gasteiger partial charge in [-0.15, -0.1) is 34.0 Å². The highest BCUT2D eigenvalue weighted by molar-refractivity contribution is 8.93. The van der Waals surface area contributed by atoms with Crippen LogP contribution in [0.15, 0.2) is 21.7 Å². The van der Waals surface area contributed by atoms with E-state index in [1.807, 2.05) is 0 Å². The van der Waals surface area contributed by atoms with Crippen LogP contribution in [0.2, 0.25) is 0 Å². The average molecular weight is 553 g/mol. The summed E-state index contributed by atoms with van der Waals surface area (Å²) in [4.78, 5) is 40.6. The molecule has 2 fully saturated rings. The van der Waals surface area contributed by atoms with Crippen LogP contribution in [-0.4, -0.2) is 72.1 Å². The zero-order chi connectivity index (χ0) is 19.9. The normalized spacial score (nSPS) is 16.5. The van der Waals surface area contributed by atoms with Gasteiger partial charge in [-0.25, -0.2) is 0 Å². The number of aromatic nitrogens is 2. The number of aromatic amines is 2. The number of rotatable bonds is 3. The van der Waals surface area contributed by atoms with Gasteiger partial charge in [0.1, 0.15) is 0 Å². The van der Waals surface area contributed by atoms with Crippen LogP contribution in [0.5, 0.6) is 0 Å². The lowest BCUT2D eigenvalue weighted by atomic mass is 10.1. The van der Waals surface area contributed by atoms with Crippen molar-refractivity contribution in [1.82, 2.24) is 30.8 Å². The van der Waals surface area contributed by atoms with Crippen molar-refractivity contribution in [3.8, 4) is 0 Å². The van der Waals surface area contributed by atoms with E-state index in [0.717, 1.165) is 52.4 Å². The molecule has 0 atom stereocenters. The van der Waals surface area contributed by atoms with Gasteiger partial charge in [0.15, 0.2) is 0 Å². The minimum Gasteiger partial charge on any atom is -0.316 e. The van der Waals surface area contributed by atoms with Crippen LogP contribution < -0.4 is 27.1 Å². The maximum absolute atomic E-state index is 11.5. The Morgan fingerprint density at radius 1 is 0.867 bits per heavy atom. The molecule has 30 heavy (non-hydrogen) atoms. The third-order valence-electron chi connectivity index (χ3n) is 4.67. The number of fused-ring (bicyclic) bond motifs is 1. The lowest BCUT2D eigenvalue weighted by molar-refractivity contribution is -0.384. The summed E-state index contributed by atoms with van der Waals surface area (Å²) in [6, 6.07) is 2.70. The molecule has 2 aliphatic rings. The van der Waals surface area contributed by atoms with Gasteiger partial charge in [0.05, 0.1) is 16.0 Å². The monoisotopic (exact) mass is 551 g/mol. The molecule has 0 spiro atoms. The Morgan fingerprint density at radius 2 is 1.40 bits per heavy atom. The van der Waals surface area contributed by atoms with Crippen molar-refractivity contribution < 1.29 is 4.92 Å². The summed E-state index contributed by atoms with van der Waals surface area (Å²) in [7, 11) is 0. The fraction of sp³-hybridized carbons (Fsp3) is 0.529. The molecule has 168 valence electrons. The van der Waals surface area contributed by atoms with Crippen molar-refractivity contribution in [2.24, 2.45) is 0 Å². The number of nitro benzene ring substituents is 1. The van der Waals surface area contributed by atoms with E-state index in [2.05, 4.69) is 30.8 Å². The van der Waals surface area contributed by atoms with Crippen LogP contribution in [0.3, 0.4) is 0 Å². The number of hydrogen-bond acceptors (Lipinski definition) is 8. The van der Waals surface area contributed by atoms with Gasteiger partial charge in [-0.1, -0.05) is 0 Å². The first-order valence-corrected chi connectivity index (χ1v) is 9.33. The SMILES string of the molecule is Br.Br.C1CNCCN1.O=c1[nH]c2cc([N+](=O)[O-])cc(CN3CCNCC3)c2[nH]c1=O. The van der Waals surface area contributed by atoms with Crippen LogP contribution >= 0.6 is 34.0 Å². The van der Waals surface area contributed by atoms with Crippen LogP contribution in [0.1, 0.15) is 5.56 Å². The van der Waals surface area contributed by atoms with E-state index in [9.17, 15) is 19.7 Å². The van der Waals surface area contributed by atoms with E-state index in [1.165, 1.54) is 12.1 Å². The molecule has 0 radical (unpaired) electrons. The summed E-state index contributed by atoms with van der Waals surface area (Å²) in [5.41, 5.74) is -0.360. The maximum atomic E-state index is 11.5. The second kappa shape index (κ2) is 12.9. The summed E-state index contributed by atoms with van der Waals surface area (Å²) in [6.07, 6.45) is 0. The lowest BCUT2D eigenvalue weighted by Gasteiger charge is -2.27. The highest BCUT2D eigenvalue weighted by atomic mass is 79.9. The number of non-ortho nitro benzene ring substituents is 1. The fourth-order valence-corrected chi connectivity index (χ4v) is 3.22. The van der Waals surface area contributed by atoms with Crippen LogP contribution in [0, 0.1) is 10.1 Å². The van der Waals surface area contributed by atoms with Gasteiger partial charge >= 0.3 is 11.1 Å². The Kier molecular flexibility index (Phi) is 11.4. The highest BCUT2D eigenvalue weighted by Gasteiger charge is 2.17. The van der Waals surface area contributed by atoms with E-state index < -0.39 is 16.0 Å². The Morgan fingerprint density at radius 3 is 1.93 bits per heavy atom. The van der Waals surface area contributed by atoms with Gasteiger partial charge < -0.3 is 25.9 Å². The second-order valence-corrected chi connectivity index (χ2v) is 6.72. The summed E-state index contributed by atoms with van der Waals surface area (Å²) in [6.45, 7) is 8.36. The number of H-pyrrole nitrogens is 2. The number of nitro groups is 1. The van der Waals surface area contributed by atoms with E-state index in [-0.39, 0.29) is 45.2 Å². The standard InChI is InChI=1S/C13H15N5O4.C4H10N2.2BrH/c19-12-13(20)16-11-8(7-17-3-1-14-2-4-17)5-9(18(21)22)6-10(11)15-12;1-2-6-4-3-5-1;;/h5-6,14H,1-4,7H2,(H,15,19)(H,16,20);5-6H,1-4H2;2*1H. The van der Waals surface area contributed by atoms with Crippen molar-refractivity contribution >= 4 is 50.7 Å². The van der Waals surface area contributed by atoms with Crippen LogP contribution in [0.4, 0.5) is 5.69 Å². The Hall–Kier alpha value is -1.64. The summed E-state index contributed by atoms with van der Waals surface area (Å²) < 4.78 is 0. The summed E-state index contributed by atoms with van der Waals surface area (Å²) in [5.74, 6) is 0.